The van der Waals surface area contributed by atoms with Crippen molar-refractivity contribution in [1.82, 2.24) is 5.32 Å². The van der Waals surface area contributed by atoms with Gasteiger partial charge in [0.2, 0.25) is 0 Å². The van der Waals surface area contributed by atoms with Gasteiger partial charge in [-0.1, -0.05) is 22.0 Å². The SMILES string of the molecule is O=C(O)c1ccc(CNCC(C2CC2)C2CC2)c(Br)c1. The quantitative estimate of drug-likeness (QED) is 0.797. The lowest BCUT2D eigenvalue weighted by atomic mass is 9.98. The summed E-state index contributed by atoms with van der Waals surface area (Å²) in [7, 11) is 0. The second-order valence-corrected chi connectivity index (χ2v) is 6.94. The summed E-state index contributed by atoms with van der Waals surface area (Å²) in [6.45, 7) is 1.90. The highest BCUT2D eigenvalue weighted by Gasteiger charge is 2.40. The number of carboxylic acids is 1. The molecule has 2 N–H and O–H groups in total. The molecule has 108 valence electrons. The van der Waals surface area contributed by atoms with Crippen LogP contribution in [0.25, 0.3) is 0 Å². The number of nitrogens with one attached hydrogen (secondary N) is 1. The van der Waals surface area contributed by atoms with Crippen LogP contribution in [0.1, 0.15) is 41.6 Å². The van der Waals surface area contributed by atoms with Crippen molar-refractivity contribution in [2.45, 2.75) is 32.2 Å². The Bertz CT molecular complexity index is 497. The Labute approximate surface area is 127 Å². The molecule has 2 aliphatic carbocycles. The molecule has 0 aromatic heterocycles. The van der Waals surface area contributed by atoms with Gasteiger partial charge in [0.25, 0.3) is 0 Å². The van der Waals surface area contributed by atoms with Crippen molar-refractivity contribution in [3.8, 4) is 0 Å². The van der Waals surface area contributed by atoms with Gasteiger partial charge in [0.15, 0.2) is 0 Å². The molecule has 3 rings (SSSR count). The van der Waals surface area contributed by atoms with Crippen molar-refractivity contribution < 1.29 is 9.90 Å². The van der Waals surface area contributed by atoms with Crippen LogP contribution in [0, 0.1) is 17.8 Å². The van der Waals surface area contributed by atoms with Crippen LogP contribution in [0.4, 0.5) is 0 Å². The third-order valence-corrected chi connectivity index (χ3v) is 5.19. The van der Waals surface area contributed by atoms with Crippen LogP contribution in [0.2, 0.25) is 0 Å². The zero-order valence-electron chi connectivity index (χ0n) is 11.4. The molecule has 0 saturated heterocycles. The van der Waals surface area contributed by atoms with E-state index in [1.807, 2.05) is 6.07 Å². The molecule has 0 atom stereocenters. The normalized spacial score (nSPS) is 18.5. The number of aromatic carboxylic acids is 1. The second kappa shape index (κ2) is 5.86. The molecule has 0 heterocycles. The number of carbonyl (C=O) groups is 1. The molecule has 2 fully saturated rings. The summed E-state index contributed by atoms with van der Waals surface area (Å²) in [4.78, 5) is 10.9. The summed E-state index contributed by atoms with van der Waals surface area (Å²) in [6, 6.07) is 5.24. The first-order valence-corrected chi connectivity index (χ1v) is 8.17. The standard InChI is InChI=1S/C16H20BrNO2/c17-15-7-12(16(19)20)5-6-13(15)8-18-9-14(10-1-2-10)11-3-4-11/h5-7,10-11,14,18H,1-4,8-9H2,(H,19,20). The van der Waals surface area contributed by atoms with Gasteiger partial charge in [-0.15, -0.1) is 0 Å². The van der Waals surface area contributed by atoms with Crippen molar-refractivity contribution in [2.24, 2.45) is 17.8 Å². The maximum Gasteiger partial charge on any atom is 0.335 e. The maximum atomic E-state index is 10.9. The van der Waals surface area contributed by atoms with E-state index in [-0.39, 0.29) is 0 Å². The van der Waals surface area contributed by atoms with E-state index in [0.29, 0.717) is 5.56 Å². The number of hydrogen-bond acceptors (Lipinski definition) is 2. The summed E-state index contributed by atoms with van der Waals surface area (Å²) in [5.74, 6) is 1.92. The minimum absolute atomic E-state index is 0.328. The molecule has 0 spiro atoms. The van der Waals surface area contributed by atoms with Gasteiger partial charge < -0.3 is 10.4 Å². The van der Waals surface area contributed by atoms with E-state index in [4.69, 9.17) is 5.11 Å². The van der Waals surface area contributed by atoms with Gasteiger partial charge in [0, 0.05) is 11.0 Å². The van der Waals surface area contributed by atoms with E-state index in [9.17, 15) is 4.79 Å². The number of rotatable bonds is 7. The van der Waals surface area contributed by atoms with Gasteiger partial charge >= 0.3 is 5.97 Å². The van der Waals surface area contributed by atoms with Crippen molar-refractivity contribution in [3.63, 3.8) is 0 Å². The van der Waals surface area contributed by atoms with Crippen LogP contribution >= 0.6 is 15.9 Å². The third-order valence-electron chi connectivity index (χ3n) is 4.45. The third kappa shape index (κ3) is 3.41. The number of halogens is 1. The van der Waals surface area contributed by atoms with Gasteiger partial charge in [-0.05, 0) is 67.7 Å². The Morgan fingerprint density at radius 1 is 1.30 bits per heavy atom. The van der Waals surface area contributed by atoms with E-state index in [2.05, 4.69) is 21.2 Å². The smallest absolute Gasteiger partial charge is 0.335 e. The summed E-state index contributed by atoms with van der Waals surface area (Å²) < 4.78 is 0.874. The molecule has 20 heavy (non-hydrogen) atoms. The maximum absolute atomic E-state index is 10.9. The van der Waals surface area contributed by atoms with Gasteiger partial charge in [0.1, 0.15) is 0 Å². The van der Waals surface area contributed by atoms with Crippen LogP contribution in [-0.4, -0.2) is 17.6 Å². The predicted molar refractivity (Wildman–Crippen MR) is 81.7 cm³/mol. The summed E-state index contributed by atoms with van der Waals surface area (Å²) in [6.07, 6.45) is 5.67. The van der Waals surface area contributed by atoms with E-state index in [1.165, 1.54) is 25.7 Å². The molecular formula is C16H20BrNO2. The Kier molecular flexibility index (Phi) is 4.13. The van der Waals surface area contributed by atoms with Gasteiger partial charge in [-0.25, -0.2) is 4.79 Å². The van der Waals surface area contributed by atoms with E-state index < -0.39 is 5.97 Å². The topological polar surface area (TPSA) is 49.3 Å². The molecule has 2 aliphatic rings. The zero-order valence-corrected chi connectivity index (χ0v) is 13.0. The minimum Gasteiger partial charge on any atom is -0.478 e. The molecule has 0 aliphatic heterocycles. The molecule has 3 nitrogen and oxygen atoms in total. The lowest BCUT2D eigenvalue weighted by Gasteiger charge is -2.16. The van der Waals surface area contributed by atoms with Crippen molar-refractivity contribution >= 4 is 21.9 Å². The average molecular weight is 338 g/mol. The van der Waals surface area contributed by atoms with E-state index in [1.54, 1.807) is 12.1 Å². The minimum atomic E-state index is -0.882. The van der Waals surface area contributed by atoms with E-state index >= 15 is 0 Å². The fraction of sp³-hybridized carbons (Fsp3) is 0.562. The Morgan fingerprint density at radius 2 is 1.95 bits per heavy atom. The summed E-state index contributed by atoms with van der Waals surface area (Å²) in [5, 5.41) is 12.5. The highest BCUT2D eigenvalue weighted by Crippen LogP contribution is 2.48. The molecule has 1 aromatic rings. The molecule has 4 heteroatoms. The van der Waals surface area contributed by atoms with Gasteiger partial charge in [-0.3, -0.25) is 0 Å². The zero-order chi connectivity index (χ0) is 14.1. The van der Waals surface area contributed by atoms with Crippen LogP contribution in [0.3, 0.4) is 0 Å². The predicted octanol–water partition coefficient (Wildman–Crippen LogP) is 3.67. The molecule has 0 radical (unpaired) electrons. The summed E-state index contributed by atoms with van der Waals surface area (Å²) >= 11 is 3.46. The number of benzene rings is 1. The molecule has 1 aromatic carbocycles. The van der Waals surface area contributed by atoms with Crippen molar-refractivity contribution in [2.75, 3.05) is 6.54 Å². The van der Waals surface area contributed by atoms with Gasteiger partial charge in [-0.2, -0.15) is 0 Å². The van der Waals surface area contributed by atoms with E-state index in [0.717, 1.165) is 40.9 Å². The highest BCUT2D eigenvalue weighted by molar-refractivity contribution is 9.10. The molecular weight excluding hydrogens is 318 g/mol. The van der Waals surface area contributed by atoms with Gasteiger partial charge in [0.05, 0.1) is 5.56 Å². The Morgan fingerprint density at radius 3 is 2.45 bits per heavy atom. The van der Waals surface area contributed by atoms with Crippen LogP contribution in [-0.2, 0) is 6.54 Å². The first kappa shape index (κ1) is 14.1. The first-order chi connectivity index (χ1) is 9.65. The van der Waals surface area contributed by atoms with Crippen molar-refractivity contribution in [1.29, 1.82) is 0 Å². The number of hydrogen-bond donors (Lipinski definition) is 2. The molecule has 0 bridgehead atoms. The largest absolute Gasteiger partial charge is 0.478 e. The lowest BCUT2D eigenvalue weighted by Crippen LogP contribution is -2.25. The fourth-order valence-electron chi connectivity index (χ4n) is 2.96. The molecule has 0 amide bonds. The fourth-order valence-corrected chi connectivity index (χ4v) is 3.48. The summed E-state index contributed by atoms with van der Waals surface area (Å²) in [5.41, 5.74) is 1.45. The van der Waals surface area contributed by atoms with Crippen LogP contribution in [0.15, 0.2) is 22.7 Å². The number of carboxylic acid groups (broad SMARTS) is 1. The molecule has 2 saturated carbocycles. The highest BCUT2D eigenvalue weighted by atomic mass is 79.9. The molecule has 0 unspecified atom stereocenters. The second-order valence-electron chi connectivity index (χ2n) is 6.08. The monoisotopic (exact) mass is 337 g/mol. The van der Waals surface area contributed by atoms with Crippen molar-refractivity contribution in [3.05, 3.63) is 33.8 Å². The first-order valence-electron chi connectivity index (χ1n) is 7.37. The Balaban J connectivity index is 1.53. The average Bonchev–Trinajstić information content (AvgIpc) is 3.27. The van der Waals surface area contributed by atoms with Crippen LogP contribution in [0.5, 0.6) is 0 Å². The Hall–Kier alpha value is -0.870. The lowest BCUT2D eigenvalue weighted by molar-refractivity contribution is 0.0697. The van der Waals surface area contributed by atoms with Crippen LogP contribution < -0.4 is 5.32 Å².